The largest absolute Gasteiger partial charge is 0.354 e. The molecule has 3 N–H and O–H groups in total. The van der Waals surface area contributed by atoms with E-state index in [9.17, 15) is 4.79 Å². The molecule has 7 nitrogen and oxygen atoms in total. The number of amides is 1. The highest BCUT2D eigenvalue weighted by atomic mass is 16.1. The topological polar surface area (TPSA) is 89.1 Å². The number of aromatic nitrogens is 3. The summed E-state index contributed by atoms with van der Waals surface area (Å²) in [7, 11) is 0. The SMILES string of the molecule is Cc1cc(CN2CCCCC2CNC(=O)CCN)ccc1-n1cncn1. The van der Waals surface area contributed by atoms with Gasteiger partial charge in [-0.1, -0.05) is 18.6 Å². The van der Waals surface area contributed by atoms with Crippen molar-refractivity contribution in [3.63, 3.8) is 0 Å². The maximum atomic E-state index is 11.7. The van der Waals surface area contributed by atoms with Gasteiger partial charge in [0.15, 0.2) is 0 Å². The number of carbonyl (C=O) groups is 1. The molecule has 0 bridgehead atoms. The molecule has 2 heterocycles. The average molecular weight is 356 g/mol. The van der Waals surface area contributed by atoms with Gasteiger partial charge in [0.05, 0.1) is 5.69 Å². The number of carbonyl (C=O) groups excluding carboxylic acids is 1. The van der Waals surface area contributed by atoms with Gasteiger partial charge in [0, 0.05) is 32.1 Å². The van der Waals surface area contributed by atoms with Gasteiger partial charge in [0.25, 0.3) is 0 Å². The average Bonchev–Trinajstić information content (AvgIpc) is 3.16. The van der Waals surface area contributed by atoms with Gasteiger partial charge in [-0.15, -0.1) is 0 Å². The zero-order valence-electron chi connectivity index (χ0n) is 15.4. The molecule has 1 atom stereocenters. The van der Waals surface area contributed by atoms with E-state index in [1.165, 1.54) is 24.0 Å². The lowest BCUT2D eigenvalue weighted by Gasteiger charge is -2.36. The second-order valence-corrected chi connectivity index (χ2v) is 6.92. The van der Waals surface area contributed by atoms with Crippen molar-refractivity contribution in [3.8, 4) is 5.69 Å². The van der Waals surface area contributed by atoms with E-state index < -0.39 is 0 Å². The van der Waals surface area contributed by atoms with Crippen molar-refractivity contribution < 1.29 is 4.79 Å². The summed E-state index contributed by atoms with van der Waals surface area (Å²) in [5.74, 6) is 0.0473. The molecule has 140 valence electrons. The van der Waals surface area contributed by atoms with Crippen molar-refractivity contribution in [2.75, 3.05) is 19.6 Å². The fourth-order valence-electron chi connectivity index (χ4n) is 3.59. The summed E-state index contributed by atoms with van der Waals surface area (Å²) in [6.45, 7) is 5.17. The molecule has 1 fully saturated rings. The van der Waals surface area contributed by atoms with E-state index in [1.807, 2.05) is 0 Å². The van der Waals surface area contributed by atoms with Crippen LogP contribution in [0.5, 0.6) is 0 Å². The molecule has 1 saturated heterocycles. The Bertz CT molecular complexity index is 715. The molecular formula is C19H28N6O. The van der Waals surface area contributed by atoms with E-state index in [0.29, 0.717) is 25.6 Å². The molecule has 0 aliphatic carbocycles. The zero-order chi connectivity index (χ0) is 18.4. The van der Waals surface area contributed by atoms with Gasteiger partial charge in [-0.3, -0.25) is 9.69 Å². The number of nitrogens with zero attached hydrogens (tertiary/aromatic N) is 4. The molecule has 7 heteroatoms. The number of nitrogens with one attached hydrogen (secondary N) is 1. The third kappa shape index (κ3) is 4.68. The van der Waals surface area contributed by atoms with Gasteiger partial charge in [-0.2, -0.15) is 5.10 Å². The van der Waals surface area contributed by atoms with Gasteiger partial charge >= 0.3 is 0 Å². The van der Waals surface area contributed by atoms with Crippen LogP contribution in [0.2, 0.25) is 0 Å². The Morgan fingerprint density at radius 2 is 2.27 bits per heavy atom. The summed E-state index contributed by atoms with van der Waals surface area (Å²) < 4.78 is 1.79. The molecule has 1 unspecified atom stereocenters. The van der Waals surface area contributed by atoms with E-state index in [1.54, 1.807) is 17.3 Å². The maximum Gasteiger partial charge on any atom is 0.221 e. The second kappa shape index (κ2) is 8.91. The standard InChI is InChI=1S/C19H28N6O/c1-15-10-16(5-6-18(15)25-14-21-13-23-25)12-24-9-3-2-4-17(24)11-22-19(26)7-8-20/h5-6,10,13-14,17H,2-4,7-9,11-12,20H2,1H3,(H,22,26). The minimum Gasteiger partial charge on any atom is -0.354 e. The normalized spacial score (nSPS) is 18.0. The number of nitrogens with two attached hydrogens (primary N) is 1. The highest BCUT2D eigenvalue weighted by Gasteiger charge is 2.23. The third-order valence-corrected chi connectivity index (χ3v) is 4.97. The number of benzene rings is 1. The Balaban J connectivity index is 1.64. The van der Waals surface area contributed by atoms with Gasteiger partial charge in [-0.05, 0) is 43.5 Å². The van der Waals surface area contributed by atoms with Crippen LogP contribution < -0.4 is 11.1 Å². The highest BCUT2D eigenvalue weighted by molar-refractivity contribution is 5.76. The van der Waals surface area contributed by atoms with E-state index in [-0.39, 0.29) is 5.91 Å². The quantitative estimate of drug-likeness (QED) is 0.783. The predicted molar refractivity (Wildman–Crippen MR) is 101 cm³/mol. The van der Waals surface area contributed by atoms with Crippen molar-refractivity contribution in [3.05, 3.63) is 42.0 Å². The first-order valence-corrected chi connectivity index (χ1v) is 9.32. The van der Waals surface area contributed by atoms with Gasteiger partial charge in [-0.25, -0.2) is 9.67 Å². The van der Waals surface area contributed by atoms with Crippen molar-refractivity contribution >= 4 is 5.91 Å². The van der Waals surface area contributed by atoms with Crippen LogP contribution in [0.1, 0.15) is 36.8 Å². The lowest BCUT2D eigenvalue weighted by atomic mass is 10.0. The Hall–Kier alpha value is -2.25. The molecule has 1 aromatic heterocycles. The van der Waals surface area contributed by atoms with Gasteiger partial charge in [0.2, 0.25) is 5.91 Å². The highest BCUT2D eigenvalue weighted by Crippen LogP contribution is 2.21. The molecule has 0 radical (unpaired) electrons. The summed E-state index contributed by atoms with van der Waals surface area (Å²) in [5, 5.41) is 7.24. The smallest absolute Gasteiger partial charge is 0.221 e. The molecule has 0 spiro atoms. The number of piperidine rings is 1. The van der Waals surface area contributed by atoms with Crippen LogP contribution in [0.25, 0.3) is 5.69 Å². The first-order valence-electron chi connectivity index (χ1n) is 9.32. The molecule has 2 aromatic rings. The fourth-order valence-corrected chi connectivity index (χ4v) is 3.59. The summed E-state index contributed by atoms with van der Waals surface area (Å²) in [6.07, 6.45) is 7.22. The number of rotatable bonds is 7. The van der Waals surface area contributed by atoms with Crippen LogP contribution >= 0.6 is 0 Å². The molecular weight excluding hydrogens is 328 g/mol. The molecule has 3 rings (SSSR count). The summed E-state index contributed by atoms with van der Waals surface area (Å²) in [5.41, 5.74) is 8.96. The second-order valence-electron chi connectivity index (χ2n) is 6.92. The van der Waals surface area contributed by atoms with Gasteiger partial charge < -0.3 is 11.1 Å². The monoisotopic (exact) mass is 356 g/mol. The maximum absolute atomic E-state index is 11.7. The Morgan fingerprint density at radius 3 is 3.00 bits per heavy atom. The van der Waals surface area contributed by atoms with Crippen LogP contribution in [0, 0.1) is 6.92 Å². The number of likely N-dealkylation sites (tertiary alicyclic amines) is 1. The molecule has 1 aliphatic heterocycles. The minimum absolute atomic E-state index is 0.0473. The zero-order valence-corrected chi connectivity index (χ0v) is 15.4. The molecule has 0 saturated carbocycles. The lowest BCUT2D eigenvalue weighted by molar-refractivity contribution is -0.121. The number of aryl methyl sites for hydroxylation is 1. The molecule has 1 aliphatic rings. The first-order chi connectivity index (χ1) is 12.7. The van der Waals surface area contributed by atoms with E-state index in [4.69, 9.17) is 5.73 Å². The molecule has 1 amide bonds. The van der Waals surface area contributed by atoms with E-state index >= 15 is 0 Å². The summed E-state index contributed by atoms with van der Waals surface area (Å²) in [4.78, 5) is 18.2. The summed E-state index contributed by atoms with van der Waals surface area (Å²) in [6, 6.07) is 6.86. The number of hydrogen-bond acceptors (Lipinski definition) is 5. The molecule has 1 aromatic carbocycles. The van der Waals surface area contributed by atoms with E-state index in [0.717, 1.165) is 25.2 Å². The Kier molecular flexibility index (Phi) is 6.35. The Morgan fingerprint density at radius 1 is 1.38 bits per heavy atom. The van der Waals surface area contributed by atoms with Crippen LogP contribution in [-0.4, -0.2) is 51.2 Å². The van der Waals surface area contributed by atoms with Crippen LogP contribution in [0.4, 0.5) is 0 Å². The predicted octanol–water partition coefficient (Wildman–Crippen LogP) is 1.40. The molecule has 26 heavy (non-hydrogen) atoms. The first kappa shape index (κ1) is 18.5. The summed E-state index contributed by atoms with van der Waals surface area (Å²) >= 11 is 0. The van der Waals surface area contributed by atoms with Crippen molar-refractivity contribution in [2.24, 2.45) is 5.73 Å². The van der Waals surface area contributed by atoms with Crippen molar-refractivity contribution in [1.29, 1.82) is 0 Å². The van der Waals surface area contributed by atoms with Gasteiger partial charge in [0.1, 0.15) is 12.7 Å². The lowest BCUT2D eigenvalue weighted by Crippen LogP contribution is -2.46. The Labute approximate surface area is 154 Å². The van der Waals surface area contributed by atoms with Crippen LogP contribution in [0.15, 0.2) is 30.9 Å². The van der Waals surface area contributed by atoms with Crippen LogP contribution in [-0.2, 0) is 11.3 Å². The third-order valence-electron chi connectivity index (χ3n) is 4.97. The van der Waals surface area contributed by atoms with Crippen molar-refractivity contribution in [1.82, 2.24) is 25.0 Å². The fraction of sp³-hybridized carbons (Fsp3) is 0.526. The van der Waals surface area contributed by atoms with E-state index in [2.05, 4.69) is 45.4 Å². The minimum atomic E-state index is 0.0473. The number of hydrogen-bond donors (Lipinski definition) is 2. The van der Waals surface area contributed by atoms with Crippen LogP contribution in [0.3, 0.4) is 0 Å². The van der Waals surface area contributed by atoms with Crippen molar-refractivity contribution in [2.45, 2.75) is 45.2 Å².